The van der Waals surface area contributed by atoms with Crippen LogP contribution in [0.4, 0.5) is 15.5 Å². The Bertz CT molecular complexity index is 2690. The van der Waals surface area contributed by atoms with Gasteiger partial charge in [-0.2, -0.15) is 0 Å². The van der Waals surface area contributed by atoms with E-state index in [1.54, 1.807) is 69.3 Å². The summed E-state index contributed by atoms with van der Waals surface area (Å²) in [4.78, 5) is 81.2. The van der Waals surface area contributed by atoms with Crippen molar-refractivity contribution in [2.75, 3.05) is 19.0 Å². The first-order valence-electron chi connectivity index (χ1n) is 21.8. The lowest BCUT2D eigenvalue weighted by Gasteiger charge is -2.26. The fraction of sp³-hybridized carbons (Fsp3) is 0.255. The number of methoxy groups -OCH3 is 1. The highest BCUT2D eigenvalue weighted by Gasteiger charge is 2.34. The average Bonchev–Trinajstić information content (AvgIpc) is 3.92. The molecule has 0 spiro atoms. The van der Waals surface area contributed by atoms with E-state index in [9.17, 15) is 28.8 Å². The normalized spacial score (nSPS) is 13.1. The first-order valence-corrected chi connectivity index (χ1v) is 21.8. The monoisotopic (exact) mass is 923 g/mol. The number of nitrogens with one attached hydrogen (secondary N) is 4. The first kappa shape index (κ1) is 47.6. The van der Waals surface area contributed by atoms with E-state index in [1.807, 2.05) is 72.8 Å². The van der Waals surface area contributed by atoms with Crippen molar-refractivity contribution in [3.63, 3.8) is 0 Å². The number of amides is 4. The smallest absolute Gasteiger partial charge is 0.419 e. The summed E-state index contributed by atoms with van der Waals surface area (Å²) in [6.45, 7) is 4.91. The van der Waals surface area contributed by atoms with Crippen molar-refractivity contribution in [3.8, 4) is 22.6 Å². The Balaban J connectivity index is 1.08. The molecule has 0 saturated carbocycles. The largest absolute Gasteiger partial charge is 0.467 e. The molecule has 1 aliphatic rings. The highest BCUT2D eigenvalue weighted by molar-refractivity contribution is 5.95. The van der Waals surface area contributed by atoms with Crippen LogP contribution in [-0.2, 0) is 46.2 Å². The van der Waals surface area contributed by atoms with E-state index >= 15 is 0 Å². The third-order valence-electron chi connectivity index (χ3n) is 10.7. The quantitative estimate of drug-likeness (QED) is 0.0462. The number of hydrogen-bond acceptors (Lipinski definition) is 12. The lowest BCUT2D eigenvalue weighted by Crippen LogP contribution is -2.57. The number of aromatic nitrogens is 2. The van der Waals surface area contributed by atoms with Crippen LogP contribution in [0.2, 0.25) is 0 Å². The molecule has 7 rings (SSSR count). The number of rotatable bonds is 17. The van der Waals surface area contributed by atoms with Crippen LogP contribution in [0.3, 0.4) is 0 Å². The molecule has 6 aromatic rings. The molecule has 0 aliphatic heterocycles. The molecule has 0 bridgehead atoms. The van der Waals surface area contributed by atoms with Gasteiger partial charge in [-0.05, 0) is 71.0 Å². The van der Waals surface area contributed by atoms with Crippen LogP contribution in [0.15, 0.2) is 144 Å². The molecule has 0 unspecified atom stereocenters. The van der Waals surface area contributed by atoms with E-state index in [-0.39, 0.29) is 37.0 Å². The van der Waals surface area contributed by atoms with Gasteiger partial charge < -0.3 is 34.9 Å². The number of hydrogen-bond donors (Lipinski definition) is 4. The summed E-state index contributed by atoms with van der Waals surface area (Å²) in [5.41, 5.74) is 4.99. The minimum Gasteiger partial charge on any atom is -0.467 e. The van der Waals surface area contributed by atoms with Crippen molar-refractivity contribution in [1.29, 1.82) is 0 Å². The van der Waals surface area contributed by atoms with Crippen LogP contribution in [0.1, 0.15) is 55.4 Å². The number of carbonyl (C=O) groups is 6. The maximum Gasteiger partial charge on any atom is 0.419 e. The van der Waals surface area contributed by atoms with Crippen molar-refractivity contribution in [3.05, 3.63) is 162 Å². The number of fused-ring (bicyclic) bond motifs is 3. The number of anilines is 1. The van der Waals surface area contributed by atoms with Crippen LogP contribution >= 0.6 is 0 Å². The van der Waals surface area contributed by atoms with Gasteiger partial charge in [-0.3, -0.25) is 24.2 Å². The molecule has 68 heavy (non-hydrogen) atoms. The van der Waals surface area contributed by atoms with E-state index in [2.05, 4.69) is 26.5 Å². The molecule has 17 heteroatoms. The molecule has 4 amide bonds. The predicted molar refractivity (Wildman–Crippen MR) is 246 cm³/mol. The van der Waals surface area contributed by atoms with E-state index < -0.39 is 66.1 Å². The van der Waals surface area contributed by atoms with Gasteiger partial charge in [0.25, 0.3) is 6.20 Å². The van der Waals surface area contributed by atoms with Crippen LogP contribution in [0.5, 0.6) is 5.75 Å². The standard InChI is InChI=1S/C51H50N6O11/c1-51(2,3)67-45(58)29-42(54-49(62)65-31-40-38-21-13-11-19-36(38)37-20-12-14-22-39(37)40)47(60)52-41(46(59)53-43(48(61)64-4)28-32-15-7-5-8-16-32)27-33-23-25-35(26-24-33)66-50(63)55-44-30-57(56-68-44)34-17-9-6-10-18-34/h5-26,30,40-43H,27-29,31H2,1-4H3,(H3-,52,53,54,55,56,59,60,62,63)/p+1/t41-,42-,43-/m0/s1. The third kappa shape index (κ3) is 12.7. The maximum atomic E-state index is 14.3. The van der Waals surface area contributed by atoms with Gasteiger partial charge in [0.05, 0.1) is 13.5 Å². The van der Waals surface area contributed by atoms with E-state index in [0.717, 1.165) is 27.8 Å². The number of ether oxygens (including phenoxy) is 4. The molecule has 1 aromatic heterocycles. The zero-order valence-electron chi connectivity index (χ0n) is 37.8. The summed E-state index contributed by atoms with van der Waals surface area (Å²) in [5.74, 6) is -3.36. The molecule has 3 atom stereocenters. The fourth-order valence-electron chi connectivity index (χ4n) is 7.65. The highest BCUT2D eigenvalue weighted by atomic mass is 16.6. The third-order valence-corrected chi connectivity index (χ3v) is 10.7. The van der Waals surface area contributed by atoms with Gasteiger partial charge in [0, 0.05) is 30.9 Å². The molecule has 350 valence electrons. The first-order chi connectivity index (χ1) is 32.7. The van der Waals surface area contributed by atoms with Gasteiger partial charge in [-0.25, -0.2) is 14.4 Å². The van der Waals surface area contributed by atoms with Gasteiger partial charge in [-0.15, -0.1) is 0 Å². The zero-order chi connectivity index (χ0) is 48.2. The molecular weight excluding hydrogens is 873 g/mol. The van der Waals surface area contributed by atoms with Gasteiger partial charge in [0.1, 0.15) is 36.1 Å². The van der Waals surface area contributed by atoms with Gasteiger partial charge in [0.15, 0.2) is 0 Å². The Hall–Kier alpha value is -8.34. The summed E-state index contributed by atoms with van der Waals surface area (Å²) in [5, 5.41) is 14.3. The van der Waals surface area contributed by atoms with Gasteiger partial charge in [-0.1, -0.05) is 109 Å². The van der Waals surface area contributed by atoms with Crippen molar-refractivity contribution in [2.45, 2.75) is 69.7 Å². The van der Waals surface area contributed by atoms with Gasteiger partial charge in [0.2, 0.25) is 22.8 Å². The second-order valence-corrected chi connectivity index (χ2v) is 16.9. The number of para-hydroxylation sites is 1. The number of carbonyl (C=O) groups excluding carboxylic acids is 6. The summed E-state index contributed by atoms with van der Waals surface area (Å²) in [6, 6.07) is 35.7. The molecule has 0 radical (unpaired) electrons. The highest BCUT2D eigenvalue weighted by Crippen LogP contribution is 2.44. The Morgan fingerprint density at radius 3 is 1.85 bits per heavy atom. The van der Waals surface area contributed by atoms with Crippen LogP contribution < -0.4 is 30.7 Å². The molecule has 0 fully saturated rings. The number of nitrogens with zero attached hydrogens (tertiary/aromatic N) is 2. The minimum atomic E-state index is -1.57. The van der Waals surface area contributed by atoms with Crippen molar-refractivity contribution < 1.29 is 56.9 Å². The molecule has 0 saturated heterocycles. The summed E-state index contributed by atoms with van der Waals surface area (Å²) >= 11 is 0. The van der Waals surface area contributed by atoms with Crippen LogP contribution in [-0.4, -0.2) is 78.7 Å². The van der Waals surface area contributed by atoms with Crippen molar-refractivity contribution >= 4 is 41.8 Å². The molecule has 5 aromatic carbocycles. The van der Waals surface area contributed by atoms with Crippen LogP contribution in [0, 0.1) is 0 Å². The predicted octanol–water partition coefficient (Wildman–Crippen LogP) is 6.13. The molecule has 17 nitrogen and oxygen atoms in total. The SMILES string of the molecule is COC(=O)[C@H](Cc1ccccc1)NC(=O)[C@H](Cc1ccc(OC(=O)Nc2c[n+](-c3ccccc3)no2)cc1)NC(=O)[C@H](CC(=O)OC(C)(C)C)NC(=O)OCC1c2ccccc2-c2ccccc21. The topological polar surface area (TPSA) is 217 Å². The number of benzene rings is 5. The lowest BCUT2D eigenvalue weighted by molar-refractivity contribution is -0.670. The second kappa shape index (κ2) is 21.8. The average molecular weight is 924 g/mol. The summed E-state index contributed by atoms with van der Waals surface area (Å²) in [6.07, 6.45) is -1.09. The fourth-order valence-corrected chi connectivity index (χ4v) is 7.65. The van der Waals surface area contributed by atoms with Crippen molar-refractivity contribution in [1.82, 2.24) is 21.2 Å². The Kier molecular flexibility index (Phi) is 15.2. The van der Waals surface area contributed by atoms with Gasteiger partial charge >= 0.3 is 30.0 Å². The molecule has 4 N–H and O–H groups in total. The molecule has 1 heterocycles. The van der Waals surface area contributed by atoms with Crippen molar-refractivity contribution in [2.24, 2.45) is 0 Å². The van der Waals surface area contributed by atoms with E-state index in [4.69, 9.17) is 23.5 Å². The maximum absolute atomic E-state index is 14.3. The zero-order valence-corrected chi connectivity index (χ0v) is 37.8. The summed E-state index contributed by atoms with van der Waals surface area (Å²) in [7, 11) is 1.19. The number of alkyl carbamates (subject to hydrolysis) is 1. The summed E-state index contributed by atoms with van der Waals surface area (Å²) < 4.78 is 28.3. The van der Waals surface area contributed by atoms with E-state index in [0.29, 0.717) is 11.3 Å². The Morgan fingerprint density at radius 2 is 1.22 bits per heavy atom. The lowest BCUT2D eigenvalue weighted by atomic mass is 9.98. The molecular formula is C51H51N6O11+. The Labute approximate surface area is 392 Å². The van der Waals surface area contributed by atoms with Crippen LogP contribution in [0.25, 0.3) is 16.8 Å². The second-order valence-electron chi connectivity index (χ2n) is 16.9. The number of esters is 2. The van der Waals surface area contributed by atoms with E-state index in [1.165, 1.54) is 30.1 Å². The minimum absolute atomic E-state index is 0.0238. The molecule has 1 aliphatic carbocycles. The Morgan fingerprint density at radius 1 is 0.662 bits per heavy atom.